The lowest BCUT2D eigenvalue weighted by atomic mass is 10.1. The molecule has 6 heteroatoms. The monoisotopic (exact) mass is 526 g/mol. The summed E-state index contributed by atoms with van der Waals surface area (Å²) in [6, 6.07) is 18.5. The highest BCUT2D eigenvalue weighted by Crippen LogP contribution is 2.37. The molecule has 2 aromatic rings. The first-order valence-electron chi connectivity index (χ1n) is 13.2. The number of nitrogens with zero attached hydrogens (tertiary/aromatic N) is 2. The van der Waals surface area contributed by atoms with Crippen LogP contribution in [0, 0.1) is 12.8 Å². The van der Waals surface area contributed by atoms with Gasteiger partial charge in [-0.2, -0.15) is 0 Å². The molecule has 0 spiro atoms. The molecular weight excluding hydrogens is 480 g/mol. The van der Waals surface area contributed by atoms with Crippen molar-refractivity contribution in [2.45, 2.75) is 77.2 Å². The molecule has 0 bridgehead atoms. The van der Waals surface area contributed by atoms with Gasteiger partial charge in [-0.1, -0.05) is 88.7 Å². The molecule has 1 aliphatic rings. The molecular formula is C30H46N2O2SSi. The highest BCUT2D eigenvalue weighted by atomic mass is 32.2. The van der Waals surface area contributed by atoms with Crippen LogP contribution in [0.4, 0.5) is 0 Å². The smallest absolute Gasteiger partial charge is 0.192 e. The fraction of sp³-hybridized carbons (Fsp3) is 0.533. The lowest BCUT2D eigenvalue weighted by molar-refractivity contribution is 0.240. The Hall–Kier alpha value is -1.73. The average Bonchev–Trinajstić information content (AvgIpc) is 3.23. The summed E-state index contributed by atoms with van der Waals surface area (Å²) in [5.74, 6) is 0.721. The van der Waals surface area contributed by atoms with E-state index in [9.17, 15) is 4.21 Å². The summed E-state index contributed by atoms with van der Waals surface area (Å²) < 4.78 is 26.4. The molecule has 0 saturated heterocycles. The van der Waals surface area contributed by atoms with Crippen molar-refractivity contribution >= 4 is 18.0 Å². The molecule has 1 heterocycles. The Morgan fingerprint density at radius 3 is 2.28 bits per heavy atom. The van der Waals surface area contributed by atoms with E-state index >= 15 is 0 Å². The summed E-state index contributed by atoms with van der Waals surface area (Å²) in [6.45, 7) is 20.8. The maximum absolute atomic E-state index is 14.7. The maximum Gasteiger partial charge on any atom is 0.192 e. The lowest BCUT2D eigenvalue weighted by Gasteiger charge is -2.37. The number of benzene rings is 2. The van der Waals surface area contributed by atoms with E-state index in [4.69, 9.17) is 8.79 Å². The van der Waals surface area contributed by atoms with Crippen LogP contribution in [-0.4, -0.2) is 48.9 Å². The molecule has 0 amide bonds. The van der Waals surface area contributed by atoms with E-state index in [-0.39, 0.29) is 17.0 Å². The van der Waals surface area contributed by atoms with Gasteiger partial charge in [0.1, 0.15) is 0 Å². The number of aryl methyl sites for hydroxylation is 1. The average molecular weight is 527 g/mol. The zero-order valence-electron chi connectivity index (χ0n) is 23.6. The normalized spacial score (nSPS) is 17.6. The zero-order valence-corrected chi connectivity index (χ0v) is 25.4. The molecule has 0 saturated carbocycles. The van der Waals surface area contributed by atoms with E-state index in [0.717, 1.165) is 30.1 Å². The second-order valence-electron chi connectivity index (χ2n) is 12.1. The van der Waals surface area contributed by atoms with Crippen LogP contribution in [0.2, 0.25) is 18.1 Å². The van der Waals surface area contributed by atoms with Gasteiger partial charge in [-0.15, -0.1) is 0 Å². The highest BCUT2D eigenvalue weighted by molar-refractivity contribution is 7.93. The topological polar surface area (TPSA) is 41.9 Å². The fourth-order valence-corrected chi connectivity index (χ4v) is 7.40. The van der Waals surface area contributed by atoms with Crippen LogP contribution in [0.15, 0.2) is 75.5 Å². The van der Waals surface area contributed by atoms with Crippen LogP contribution in [0.25, 0.3) is 0 Å². The van der Waals surface area contributed by atoms with Crippen molar-refractivity contribution in [1.29, 1.82) is 0 Å². The minimum atomic E-state index is -2.65. The first-order chi connectivity index (χ1) is 16.8. The fourth-order valence-electron chi connectivity index (χ4n) is 4.00. The first-order valence-corrected chi connectivity index (χ1v) is 17.8. The van der Waals surface area contributed by atoms with Crippen molar-refractivity contribution in [2.24, 2.45) is 10.3 Å². The summed E-state index contributed by atoms with van der Waals surface area (Å²) in [7, 11) is -4.57. The molecule has 2 aromatic carbocycles. The van der Waals surface area contributed by atoms with Crippen LogP contribution in [0.1, 0.15) is 45.7 Å². The van der Waals surface area contributed by atoms with Crippen LogP contribution >= 0.6 is 0 Å². The lowest BCUT2D eigenvalue weighted by Crippen LogP contribution is -2.43. The third-order valence-corrected chi connectivity index (χ3v) is 14.5. The summed E-state index contributed by atoms with van der Waals surface area (Å²) >= 11 is 0. The van der Waals surface area contributed by atoms with Crippen molar-refractivity contribution < 1.29 is 8.63 Å². The van der Waals surface area contributed by atoms with E-state index in [1.807, 2.05) is 24.3 Å². The molecule has 36 heavy (non-hydrogen) atoms. The summed E-state index contributed by atoms with van der Waals surface area (Å²) in [4.78, 5) is 3.23. The van der Waals surface area contributed by atoms with Gasteiger partial charge < -0.3 is 4.43 Å². The van der Waals surface area contributed by atoms with Crippen molar-refractivity contribution in [1.82, 2.24) is 4.90 Å². The first kappa shape index (κ1) is 28.8. The predicted octanol–water partition coefficient (Wildman–Crippen LogP) is 7.31. The van der Waals surface area contributed by atoms with Gasteiger partial charge in [0.25, 0.3) is 0 Å². The van der Waals surface area contributed by atoms with Crippen molar-refractivity contribution in [2.75, 3.05) is 25.4 Å². The summed E-state index contributed by atoms with van der Waals surface area (Å²) in [6.07, 6.45) is 2.25. The minimum absolute atomic E-state index is 0.115. The van der Waals surface area contributed by atoms with Crippen LogP contribution in [-0.2, 0) is 20.7 Å². The van der Waals surface area contributed by atoms with Crippen LogP contribution in [0.3, 0.4) is 0 Å². The Bertz CT molecular complexity index is 1140. The Balaban J connectivity index is 1.86. The van der Waals surface area contributed by atoms with E-state index in [1.54, 1.807) is 0 Å². The van der Waals surface area contributed by atoms with Gasteiger partial charge in [0, 0.05) is 24.5 Å². The minimum Gasteiger partial charge on any atom is -0.415 e. The SMILES string of the molecule is Cc1ccc(S(=O)(CC2=CCN(Cc3ccccc3)C2)=N[C@H](CO[Si](C)(C)C(C)(C)C)C(C)C)cc1. The van der Waals surface area contributed by atoms with Gasteiger partial charge >= 0.3 is 0 Å². The predicted molar refractivity (Wildman–Crippen MR) is 156 cm³/mol. The van der Waals surface area contributed by atoms with Gasteiger partial charge in [0.05, 0.1) is 28.1 Å². The molecule has 198 valence electrons. The van der Waals surface area contributed by atoms with E-state index in [1.165, 1.54) is 11.1 Å². The van der Waals surface area contributed by atoms with Gasteiger partial charge in [0.15, 0.2) is 8.32 Å². The number of hydrogen-bond acceptors (Lipinski definition) is 4. The van der Waals surface area contributed by atoms with Crippen LogP contribution in [0.5, 0.6) is 0 Å². The van der Waals surface area contributed by atoms with Crippen LogP contribution < -0.4 is 0 Å². The third kappa shape index (κ3) is 7.64. The molecule has 0 fully saturated rings. The quantitative estimate of drug-likeness (QED) is 0.241. The van der Waals surface area contributed by atoms with Crippen molar-refractivity contribution in [3.05, 3.63) is 77.4 Å². The number of rotatable bonds is 10. The van der Waals surface area contributed by atoms with Gasteiger partial charge in [-0.3, -0.25) is 4.90 Å². The van der Waals surface area contributed by atoms with E-state index in [0.29, 0.717) is 12.4 Å². The summed E-state index contributed by atoms with van der Waals surface area (Å²) in [5, 5.41) is 0.129. The Labute approximate surface area is 221 Å². The highest BCUT2D eigenvalue weighted by Gasteiger charge is 2.38. The van der Waals surface area contributed by atoms with Gasteiger partial charge in [-0.05, 0) is 54.2 Å². The molecule has 0 aliphatic carbocycles. The molecule has 2 atom stereocenters. The molecule has 1 aliphatic heterocycles. The maximum atomic E-state index is 14.7. The van der Waals surface area contributed by atoms with E-state index in [2.05, 4.69) is 95.9 Å². The van der Waals surface area contributed by atoms with Crippen molar-refractivity contribution in [3.63, 3.8) is 0 Å². The standard InChI is InChI=1S/C30H46N2O2SSi/c1-24(2)29(22-34-36(7,8)30(4,5)6)31-35(33,28-16-14-25(3)15-17-28)23-27-18-19-32(21-27)20-26-12-10-9-11-13-26/h9-18,24,29H,19-23H2,1-8H3/t29-,35?/m1/s1. The number of hydrogen-bond donors (Lipinski definition) is 0. The molecule has 4 nitrogen and oxygen atoms in total. The zero-order chi connectivity index (χ0) is 26.6. The second kappa shape index (κ2) is 11.8. The Morgan fingerprint density at radius 2 is 1.69 bits per heavy atom. The van der Waals surface area contributed by atoms with E-state index < -0.39 is 18.0 Å². The Morgan fingerprint density at radius 1 is 1.06 bits per heavy atom. The Kier molecular flexibility index (Phi) is 9.42. The summed E-state index contributed by atoms with van der Waals surface area (Å²) in [5.41, 5.74) is 3.68. The molecule has 0 radical (unpaired) electrons. The molecule has 3 rings (SSSR count). The van der Waals surface area contributed by atoms with Gasteiger partial charge in [-0.25, -0.2) is 8.57 Å². The molecule has 0 aromatic heterocycles. The largest absolute Gasteiger partial charge is 0.415 e. The third-order valence-electron chi connectivity index (χ3n) is 7.58. The second-order valence-corrected chi connectivity index (χ2v) is 19.2. The molecule has 0 N–H and O–H groups in total. The molecule has 1 unspecified atom stereocenters. The van der Waals surface area contributed by atoms with Crippen molar-refractivity contribution in [3.8, 4) is 0 Å². The van der Waals surface area contributed by atoms with Gasteiger partial charge in [0.2, 0.25) is 0 Å².